The van der Waals surface area contributed by atoms with Gasteiger partial charge in [0.2, 0.25) is 15.9 Å². The van der Waals surface area contributed by atoms with Gasteiger partial charge in [0.05, 0.1) is 10.8 Å². The minimum Gasteiger partial charge on any atom is -0.353 e. The van der Waals surface area contributed by atoms with Gasteiger partial charge in [0.25, 0.3) is 0 Å². The van der Waals surface area contributed by atoms with Crippen molar-refractivity contribution in [3.05, 3.63) is 64.9 Å². The van der Waals surface area contributed by atoms with Gasteiger partial charge in [-0.2, -0.15) is 4.31 Å². The van der Waals surface area contributed by atoms with Crippen LogP contribution in [0.2, 0.25) is 5.02 Å². The minimum absolute atomic E-state index is 0.0537. The third-order valence-electron chi connectivity index (χ3n) is 6.46. The number of likely N-dealkylation sites (tertiary alicyclic amines) is 1. The molecule has 2 saturated heterocycles. The summed E-state index contributed by atoms with van der Waals surface area (Å²) in [6, 6.07) is 12.8. The fraction of sp³-hybridized carbons (Fsp3) is 0.458. The first-order valence-corrected chi connectivity index (χ1v) is 13.2. The smallest absolute Gasteiger partial charge is 0.243 e. The number of sulfonamides is 1. The first-order valence-electron chi connectivity index (χ1n) is 11.3. The van der Waals surface area contributed by atoms with Crippen LogP contribution in [0, 0.1) is 11.7 Å². The molecule has 6 nitrogen and oxygen atoms in total. The summed E-state index contributed by atoms with van der Waals surface area (Å²) in [5.74, 6) is -0.935. The molecule has 0 aromatic heterocycles. The van der Waals surface area contributed by atoms with Crippen LogP contribution in [-0.4, -0.2) is 55.8 Å². The fourth-order valence-electron chi connectivity index (χ4n) is 4.53. The summed E-state index contributed by atoms with van der Waals surface area (Å²) in [4.78, 5) is 15.3. The van der Waals surface area contributed by atoms with Crippen LogP contribution in [0.1, 0.15) is 31.2 Å². The van der Waals surface area contributed by atoms with Crippen molar-refractivity contribution in [1.82, 2.24) is 14.5 Å². The molecule has 2 aliphatic heterocycles. The number of halogens is 2. The van der Waals surface area contributed by atoms with Crippen LogP contribution in [0.25, 0.3) is 0 Å². The summed E-state index contributed by atoms with van der Waals surface area (Å²) in [5.41, 5.74) is 1.21. The normalized spacial score (nSPS) is 21.1. The van der Waals surface area contributed by atoms with Crippen LogP contribution < -0.4 is 5.32 Å². The summed E-state index contributed by atoms with van der Waals surface area (Å²) in [6.45, 7) is 3.16. The second-order valence-corrected chi connectivity index (χ2v) is 11.2. The van der Waals surface area contributed by atoms with E-state index in [4.69, 9.17) is 11.6 Å². The largest absolute Gasteiger partial charge is 0.353 e. The molecule has 0 unspecified atom stereocenters. The van der Waals surface area contributed by atoms with E-state index in [-0.39, 0.29) is 29.3 Å². The van der Waals surface area contributed by atoms with Crippen LogP contribution in [0.15, 0.2) is 53.4 Å². The molecule has 0 saturated carbocycles. The second-order valence-electron chi connectivity index (χ2n) is 8.84. The molecular weight excluding hydrogens is 465 g/mol. The molecule has 9 heteroatoms. The molecule has 33 heavy (non-hydrogen) atoms. The third-order valence-corrected chi connectivity index (χ3v) is 8.59. The second kappa shape index (κ2) is 10.5. The molecule has 178 valence electrons. The molecule has 1 atom stereocenters. The maximum atomic E-state index is 13.2. The highest BCUT2D eigenvalue weighted by atomic mass is 35.5. The van der Waals surface area contributed by atoms with Crippen molar-refractivity contribution in [2.75, 3.05) is 26.2 Å². The van der Waals surface area contributed by atoms with Crippen molar-refractivity contribution in [1.29, 1.82) is 0 Å². The van der Waals surface area contributed by atoms with Gasteiger partial charge in [-0.05, 0) is 67.6 Å². The van der Waals surface area contributed by atoms with E-state index in [0.29, 0.717) is 19.4 Å². The highest BCUT2D eigenvalue weighted by molar-refractivity contribution is 7.89. The fourth-order valence-corrected chi connectivity index (χ4v) is 6.18. The number of carbonyl (C=O) groups excluding carboxylic acids is 1. The zero-order chi connectivity index (χ0) is 23.4. The summed E-state index contributed by atoms with van der Waals surface area (Å²) < 4.78 is 40.4. The van der Waals surface area contributed by atoms with Crippen LogP contribution in [0.3, 0.4) is 0 Å². The van der Waals surface area contributed by atoms with Gasteiger partial charge in [-0.15, -0.1) is 0 Å². The lowest BCUT2D eigenvalue weighted by Gasteiger charge is -2.35. The van der Waals surface area contributed by atoms with Crippen LogP contribution in [0.5, 0.6) is 0 Å². The van der Waals surface area contributed by atoms with Crippen LogP contribution >= 0.6 is 11.6 Å². The zero-order valence-electron chi connectivity index (χ0n) is 18.4. The maximum Gasteiger partial charge on any atom is 0.243 e. The van der Waals surface area contributed by atoms with Crippen molar-refractivity contribution >= 4 is 27.5 Å². The number of carbonyl (C=O) groups is 1. The highest BCUT2D eigenvalue weighted by Gasteiger charge is 2.34. The number of piperidine rings is 2. The van der Waals surface area contributed by atoms with Crippen LogP contribution in [0.4, 0.5) is 4.39 Å². The molecule has 2 aromatic carbocycles. The van der Waals surface area contributed by atoms with E-state index in [0.717, 1.165) is 49.6 Å². The number of nitrogens with one attached hydrogen (secondary N) is 1. The lowest BCUT2D eigenvalue weighted by molar-refractivity contribution is -0.127. The average molecular weight is 494 g/mol. The molecular formula is C24H29ClFN3O3S. The molecule has 0 spiro atoms. The quantitative estimate of drug-likeness (QED) is 0.666. The molecule has 2 heterocycles. The van der Waals surface area contributed by atoms with Gasteiger partial charge in [-0.3, -0.25) is 9.69 Å². The first kappa shape index (κ1) is 24.1. The highest BCUT2D eigenvalue weighted by Crippen LogP contribution is 2.25. The van der Waals surface area contributed by atoms with Gasteiger partial charge in [-0.25, -0.2) is 12.8 Å². The number of benzene rings is 2. The van der Waals surface area contributed by atoms with E-state index in [1.807, 2.05) is 24.3 Å². The van der Waals surface area contributed by atoms with E-state index < -0.39 is 15.8 Å². The average Bonchev–Trinajstić information content (AvgIpc) is 2.82. The van der Waals surface area contributed by atoms with E-state index in [1.54, 1.807) is 0 Å². The van der Waals surface area contributed by atoms with E-state index in [1.165, 1.54) is 22.0 Å². The third kappa shape index (κ3) is 6.12. The predicted octanol–water partition coefficient (Wildman–Crippen LogP) is 3.66. The first-order chi connectivity index (χ1) is 15.8. The van der Waals surface area contributed by atoms with Crippen LogP contribution in [-0.2, 0) is 21.4 Å². The summed E-state index contributed by atoms with van der Waals surface area (Å²) >= 11 is 5.95. The Bertz CT molecular complexity index is 1060. The lowest BCUT2D eigenvalue weighted by atomic mass is 9.97. The summed E-state index contributed by atoms with van der Waals surface area (Å²) in [6.07, 6.45) is 3.02. The number of hydrogen-bond acceptors (Lipinski definition) is 4. The van der Waals surface area contributed by atoms with Crippen molar-refractivity contribution < 1.29 is 17.6 Å². The molecule has 0 aliphatic carbocycles. The molecule has 2 aliphatic rings. The Balaban J connectivity index is 1.28. The number of rotatable bonds is 6. The number of nitrogens with zero attached hydrogens (tertiary/aromatic N) is 2. The summed E-state index contributed by atoms with van der Waals surface area (Å²) in [5, 5.41) is 3.87. The zero-order valence-corrected chi connectivity index (χ0v) is 20.0. The van der Waals surface area contributed by atoms with Gasteiger partial charge < -0.3 is 5.32 Å². The van der Waals surface area contributed by atoms with Crippen molar-refractivity contribution in [2.45, 2.75) is 43.2 Å². The SMILES string of the molecule is O=C(NC1CCN(Cc2ccc(Cl)cc2)CC1)[C@@H]1CCCN(S(=O)(=O)c2ccc(F)cc2)C1. The van der Waals surface area contributed by atoms with Gasteiger partial charge in [-0.1, -0.05) is 23.7 Å². The molecule has 2 aromatic rings. The maximum absolute atomic E-state index is 13.2. The molecule has 1 amide bonds. The molecule has 1 N–H and O–H groups in total. The van der Waals surface area contributed by atoms with E-state index in [9.17, 15) is 17.6 Å². The Morgan fingerprint density at radius 2 is 1.67 bits per heavy atom. The van der Waals surface area contributed by atoms with E-state index in [2.05, 4.69) is 10.2 Å². The summed E-state index contributed by atoms with van der Waals surface area (Å²) in [7, 11) is -3.75. The molecule has 0 radical (unpaired) electrons. The molecule has 2 fully saturated rings. The number of amides is 1. The Morgan fingerprint density at radius 1 is 1.00 bits per heavy atom. The standard InChI is InChI=1S/C24H29ClFN3O3S/c25-20-5-3-18(4-6-20)16-28-14-11-22(12-15-28)27-24(30)19-2-1-13-29(17-19)33(31,32)23-9-7-21(26)8-10-23/h3-10,19,22H,1-2,11-17H2,(H,27,30)/t19-/m1/s1. The topological polar surface area (TPSA) is 69.7 Å². The van der Waals surface area contributed by atoms with Gasteiger partial charge in [0.15, 0.2) is 0 Å². The number of hydrogen-bond donors (Lipinski definition) is 1. The van der Waals surface area contributed by atoms with Crippen molar-refractivity contribution in [3.8, 4) is 0 Å². The Morgan fingerprint density at radius 3 is 2.33 bits per heavy atom. The van der Waals surface area contributed by atoms with Gasteiger partial charge in [0.1, 0.15) is 5.82 Å². The Labute approximate surface area is 199 Å². The van der Waals surface area contributed by atoms with Gasteiger partial charge in [0, 0.05) is 43.8 Å². The Kier molecular flexibility index (Phi) is 7.69. The van der Waals surface area contributed by atoms with E-state index >= 15 is 0 Å². The monoisotopic (exact) mass is 493 g/mol. The molecule has 0 bridgehead atoms. The van der Waals surface area contributed by atoms with Crippen molar-refractivity contribution in [2.24, 2.45) is 5.92 Å². The predicted molar refractivity (Wildman–Crippen MR) is 126 cm³/mol. The van der Waals surface area contributed by atoms with Crippen molar-refractivity contribution in [3.63, 3.8) is 0 Å². The molecule has 4 rings (SSSR count). The lowest BCUT2D eigenvalue weighted by Crippen LogP contribution is -2.50. The Hall–Kier alpha value is -2.00. The minimum atomic E-state index is -3.75. The van der Waals surface area contributed by atoms with Gasteiger partial charge >= 0.3 is 0 Å².